The SMILES string of the molecule is c1ccc(-c2ccccc2-c2ccc3c(c2)c2ccccc2c2cc4c(cc32)c2ccccc2n4-c2ccccc2)cc1. The molecule has 0 aliphatic rings. The van der Waals surface area contributed by atoms with Gasteiger partial charge in [-0.2, -0.15) is 0 Å². The van der Waals surface area contributed by atoms with E-state index >= 15 is 0 Å². The number of fused-ring (bicyclic) bond motifs is 9. The van der Waals surface area contributed by atoms with Crippen molar-refractivity contribution in [3.63, 3.8) is 0 Å². The van der Waals surface area contributed by atoms with Crippen molar-refractivity contribution in [1.29, 1.82) is 0 Å². The van der Waals surface area contributed by atoms with Gasteiger partial charge < -0.3 is 4.57 Å². The summed E-state index contributed by atoms with van der Waals surface area (Å²) in [6, 6.07) is 59.7. The zero-order valence-corrected chi connectivity index (χ0v) is 23.5. The lowest BCUT2D eigenvalue weighted by Crippen LogP contribution is -1.93. The molecule has 9 rings (SSSR count). The second-order valence-electron chi connectivity index (χ2n) is 11.3. The molecule has 1 aromatic heterocycles. The van der Waals surface area contributed by atoms with Crippen molar-refractivity contribution in [1.82, 2.24) is 4.57 Å². The van der Waals surface area contributed by atoms with Crippen LogP contribution >= 0.6 is 0 Å². The summed E-state index contributed by atoms with van der Waals surface area (Å²) < 4.78 is 2.41. The van der Waals surface area contributed by atoms with Gasteiger partial charge in [0.05, 0.1) is 11.0 Å². The third-order valence-electron chi connectivity index (χ3n) is 8.97. The van der Waals surface area contributed by atoms with Crippen LogP contribution in [0.2, 0.25) is 0 Å². The van der Waals surface area contributed by atoms with Crippen LogP contribution in [0.15, 0.2) is 164 Å². The fourth-order valence-corrected chi connectivity index (χ4v) is 7.04. The number of aromatic nitrogens is 1. The first-order chi connectivity index (χ1) is 21.3. The van der Waals surface area contributed by atoms with Crippen LogP contribution in [-0.4, -0.2) is 4.57 Å². The van der Waals surface area contributed by atoms with Crippen LogP contribution in [0, 0.1) is 0 Å². The molecule has 0 saturated carbocycles. The Morgan fingerprint density at radius 1 is 0.279 bits per heavy atom. The summed E-state index contributed by atoms with van der Waals surface area (Å²) in [4.78, 5) is 0. The summed E-state index contributed by atoms with van der Waals surface area (Å²) in [7, 11) is 0. The van der Waals surface area contributed by atoms with Crippen LogP contribution < -0.4 is 0 Å². The highest BCUT2D eigenvalue weighted by molar-refractivity contribution is 6.29. The zero-order valence-electron chi connectivity index (χ0n) is 23.5. The van der Waals surface area contributed by atoms with Crippen LogP contribution in [-0.2, 0) is 0 Å². The maximum absolute atomic E-state index is 2.43. The highest BCUT2D eigenvalue weighted by atomic mass is 15.0. The Bertz CT molecular complexity index is 2480. The van der Waals surface area contributed by atoms with Crippen LogP contribution in [0.3, 0.4) is 0 Å². The van der Waals surface area contributed by atoms with Gasteiger partial charge in [-0.25, -0.2) is 0 Å². The minimum Gasteiger partial charge on any atom is -0.309 e. The molecule has 1 nitrogen and oxygen atoms in total. The van der Waals surface area contributed by atoms with Crippen molar-refractivity contribution in [2.24, 2.45) is 0 Å². The molecule has 9 aromatic rings. The highest BCUT2D eigenvalue weighted by Gasteiger charge is 2.17. The van der Waals surface area contributed by atoms with Gasteiger partial charge in [0.2, 0.25) is 0 Å². The molecule has 8 aromatic carbocycles. The van der Waals surface area contributed by atoms with Gasteiger partial charge in [-0.1, -0.05) is 127 Å². The van der Waals surface area contributed by atoms with Gasteiger partial charge in [-0.15, -0.1) is 0 Å². The van der Waals surface area contributed by atoms with Crippen molar-refractivity contribution >= 4 is 54.1 Å². The van der Waals surface area contributed by atoms with Gasteiger partial charge in [-0.05, 0) is 91.0 Å². The monoisotopic (exact) mass is 545 g/mol. The standard InChI is InChI=1S/C42H27N/c1-3-13-28(14-4-1)31-17-7-8-18-32(31)29-23-24-35-37(25-29)33-19-9-10-20-34(33)39-27-42-40(26-38(35)39)36-21-11-12-22-41(36)43(42)30-15-5-2-6-16-30/h1-27H. The molecule has 0 amide bonds. The first kappa shape index (κ1) is 24.0. The first-order valence-electron chi connectivity index (χ1n) is 14.9. The fourth-order valence-electron chi connectivity index (χ4n) is 7.04. The molecule has 0 atom stereocenters. The van der Waals surface area contributed by atoms with Crippen molar-refractivity contribution in [3.8, 4) is 27.9 Å². The van der Waals surface area contributed by atoms with Crippen LogP contribution in [0.25, 0.3) is 82.1 Å². The lowest BCUT2D eigenvalue weighted by Gasteiger charge is -2.15. The van der Waals surface area contributed by atoms with Crippen molar-refractivity contribution in [2.75, 3.05) is 0 Å². The van der Waals surface area contributed by atoms with E-state index in [-0.39, 0.29) is 0 Å². The minimum atomic E-state index is 1.18. The number of para-hydroxylation sites is 2. The van der Waals surface area contributed by atoms with E-state index in [2.05, 4.69) is 168 Å². The number of rotatable bonds is 3. The summed E-state index contributed by atoms with van der Waals surface area (Å²) in [6.45, 7) is 0. The van der Waals surface area contributed by atoms with Gasteiger partial charge in [0.25, 0.3) is 0 Å². The van der Waals surface area contributed by atoms with Crippen LogP contribution in [0.4, 0.5) is 0 Å². The molecule has 0 unspecified atom stereocenters. The van der Waals surface area contributed by atoms with Crippen LogP contribution in [0.1, 0.15) is 0 Å². The molecule has 1 heteroatoms. The van der Waals surface area contributed by atoms with E-state index in [9.17, 15) is 0 Å². The molecule has 0 aliphatic carbocycles. The van der Waals surface area contributed by atoms with Gasteiger partial charge in [-0.3, -0.25) is 0 Å². The summed E-state index contributed by atoms with van der Waals surface area (Å²) in [5.74, 6) is 0. The summed E-state index contributed by atoms with van der Waals surface area (Å²) in [6.07, 6.45) is 0. The number of hydrogen-bond donors (Lipinski definition) is 0. The Labute approximate surface area is 249 Å². The van der Waals surface area contributed by atoms with Crippen molar-refractivity contribution in [3.05, 3.63) is 164 Å². The lowest BCUT2D eigenvalue weighted by atomic mass is 9.89. The number of hydrogen-bond acceptors (Lipinski definition) is 0. The van der Waals surface area contributed by atoms with Gasteiger partial charge in [0.15, 0.2) is 0 Å². The Balaban J connectivity index is 1.38. The Hall–Kier alpha value is -5.66. The van der Waals surface area contributed by atoms with Crippen molar-refractivity contribution < 1.29 is 0 Å². The Morgan fingerprint density at radius 2 is 0.814 bits per heavy atom. The average molecular weight is 546 g/mol. The molecular weight excluding hydrogens is 518 g/mol. The molecule has 43 heavy (non-hydrogen) atoms. The molecule has 200 valence electrons. The smallest absolute Gasteiger partial charge is 0.0547 e. The summed E-state index contributed by atoms with van der Waals surface area (Å²) in [5.41, 5.74) is 8.62. The van der Waals surface area contributed by atoms with Gasteiger partial charge in [0, 0.05) is 16.5 Å². The Kier molecular flexibility index (Phi) is 5.27. The largest absolute Gasteiger partial charge is 0.309 e. The summed E-state index contributed by atoms with van der Waals surface area (Å²) in [5, 5.41) is 10.3. The topological polar surface area (TPSA) is 4.93 Å². The molecule has 0 bridgehead atoms. The second kappa shape index (κ2) is 9.44. The second-order valence-corrected chi connectivity index (χ2v) is 11.3. The van der Waals surface area contributed by atoms with E-state index in [1.54, 1.807) is 0 Å². The van der Waals surface area contributed by atoms with E-state index in [0.717, 1.165) is 0 Å². The van der Waals surface area contributed by atoms with Crippen LogP contribution in [0.5, 0.6) is 0 Å². The fraction of sp³-hybridized carbons (Fsp3) is 0. The van der Waals surface area contributed by atoms with Crippen molar-refractivity contribution in [2.45, 2.75) is 0 Å². The molecular formula is C42H27N. The predicted molar refractivity (Wildman–Crippen MR) is 184 cm³/mol. The van der Waals surface area contributed by atoms with E-state index in [1.165, 1.54) is 82.1 Å². The van der Waals surface area contributed by atoms with Gasteiger partial charge >= 0.3 is 0 Å². The molecule has 0 saturated heterocycles. The van der Waals surface area contributed by atoms with E-state index < -0.39 is 0 Å². The molecule has 0 fully saturated rings. The number of nitrogens with zero attached hydrogens (tertiary/aromatic N) is 1. The van der Waals surface area contributed by atoms with E-state index in [1.807, 2.05) is 0 Å². The zero-order chi connectivity index (χ0) is 28.3. The molecule has 1 heterocycles. The van der Waals surface area contributed by atoms with E-state index in [4.69, 9.17) is 0 Å². The highest BCUT2D eigenvalue weighted by Crippen LogP contribution is 2.42. The minimum absolute atomic E-state index is 1.18. The molecule has 0 spiro atoms. The average Bonchev–Trinajstić information content (AvgIpc) is 3.41. The third-order valence-corrected chi connectivity index (χ3v) is 8.97. The maximum atomic E-state index is 2.43. The Morgan fingerprint density at radius 3 is 1.56 bits per heavy atom. The molecule has 0 aliphatic heterocycles. The third kappa shape index (κ3) is 3.65. The number of benzene rings is 8. The first-order valence-corrected chi connectivity index (χ1v) is 14.9. The van der Waals surface area contributed by atoms with E-state index in [0.29, 0.717) is 0 Å². The summed E-state index contributed by atoms with van der Waals surface area (Å²) >= 11 is 0. The normalized spacial score (nSPS) is 11.7. The molecule has 0 radical (unpaired) electrons. The lowest BCUT2D eigenvalue weighted by molar-refractivity contribution is 1.18. The maximum Gasteiger partial charge on any atom is 0.0547 e. The quantitative estimate of drug-likeness (QED) is 0.195. The molecule has 0 N–H and O–H groups in total. The van der Waals surface area contributed by atoms with Gasteiger partial charge in [0.1, 0.15) is 0 Å². The predicted octanol–water partition coefficient (Wildman–Crippen LogP) is 11.6.